The summed E-state index contributed by atoms with van der Waals surface area (Å²) < 4.78 is 0. The normalized spacial score (nSPS) is 26.1. The van der Waals surface area contributed by atoms with Gasteiger partial charge in [0.25, 0.3) is 0 Å². The molecule has 3 atom stereocenters. The van der Waals surface area contributed by atoms with Gasteiger partial charge < -0.3 is 10.2 Å². The summed E-state index contributed by atoms with van der Waals surface area (Å²) >= 11 is 0. The summed E-state index contributed by atoms with van der Waals surface area (Å²) in [5.41, 5.74) is 0.943. The number of carbonyl (C=O) groups is 3. The Bertz CT molecular complexity index is 1250. The van der Waals surface area contributed by atoms with Crippen molar-refractivity contribution in [1.82, 2.24) is 4.98 Å². The molecule has 178 valence electrons. The van der Waals surface area contributed by atoms with Crippen LogP contribution in [0, 0.1) is 30.6 Å². The average molecular weight is 462 g/mol. The highest BCUT2D eigenvalue weighted by atomic mass is 16.4. The van der Waals surface area contributed by atoms with E-state index in [1.54, 1.807) is 26.0 Å². The van der Waals surface area contributed by atoms with Crippen LogP contribution < -0.4 is 0 Å². The summed E-state index contributed by atoms with van der Waals surface area (Å²) in [5.74, 6) is -1.96. The van der Waals surface area contributed by atoms with Crippen LogP contribution in [0.1, 0.15) is 88.3 Å². The molecule has 0 aliphatic heterocycles. The van der Waals surface area contributed by atoms with Gasteiger partial charge in [-0.3, -0.25) is 19.4 Å². The number of carboxylic acid groups (broad SMARTS) is 1. The van der Waals surface area contributed by atoms with Gasteiger partial charge in [-0.25, -0.2) is 0 Å². The first-order chi connectivity index (χ1) is 16.0. The molecule has 2 N–H and O–H groups in total. The predicted octanol–water partition coefficient (Wildman–Crippen LogP) is 5.20. The number of ketones is 2. The molecular weight excluding hydrogens is 430 g/mol. The van der Waals surface area contributed by atoms with E-state index in [0.29, 0.717) is 47.3 Å². The zero-order valence-electron chi connectivity index (χ0n) is 20.2. The molecule has 1 fully saturated rings. The molecule has 2 aliphatic rings. The fraction of sp³-hybridized carbons (Fsp3) is 0.429. The lowest BCUT2D eigenvalue weighted by molar-refractivity contribution is -0.158. The molecule has 34 heavy (non-hydrogen) atoms. The van der Waals surface area contributed by atoms with Gasteiger partial charge in [0, 0.05) is 16.8 Å². The molecule has 2 aliphatic carbocycles. The van der Waals surface area contributed by atoms with E-state index in [4.69, 9.17) is 0 Å². The summed E-state index contributed by atoms with van der Waals surface area (Å²) in [6.07, 6.45) is 5.13. The molecule has 2 aromatic rings. The summed E-state index contributed by atoms with van der Waals surface area (Å²) in [5, 5.41) is 20.7. The van der Waals surface area contributed by atoms with Gasteiger partial charge in [-0.1, -0.05) is 37.6 Å². The number of benzene rings is 1. The SMILES string of the molecule is C=C[C@@]1(C)CCC[C@@](C)(C(=O)O)C1CCc1cccc2c1C(=O)c1c(O)c(C)nc(C)c1C2=O. The van der Waals surface area contributed by atoms with Crippen LogP contribution in [0.5, 0.6) is 5.75 Å². The van der Waals surface area contributed by atoms with Crippen LogP contribution in [0.4, 0.5) is 0 Å². The van der Waals surface area contributed by atoms with Crippen molar-refractivity contribution in [3.8, 4) is 5.75 Å². The number of fused-ring (bicyclic) bond motifs is 2. The van der Waals surface area contributed by atoms with E-state index in [1.807, 2.05) is 19.1 Å². The van der Waals surface area contributed by atoms with Gasteiger partial charge in [0.1, 0.15) is 5.75 Å². The Labute approximate surface area is 199 Å². The topological polar surface area (TPSA) is 105 Å². The van der Waals surface area contributed by atoms with Crippen molar-refractivity contribution in [3.05, 3.63) is 70.1 Å². The highest BCUT2D eigenvalue weighted by Crippen LogP contribution is 2.54. The lowest BCUT2D eigenvalue weighted by atomic mass is 9.54. The van der Waals surface area contributed by atoms with E-state index in [0.717, 1.165) is 12.8 Å². The Morgan fingerprint density at radius 3 is 2.47 bits per heavy atom. The Morgan fingerprint density at radius 2 is 1.82 bits per heavy atom. The minimum absolute atomic E-state index is 0.0129. The van der Waals surface area contributed by atoms with Crippen molar-refractivity contribution in [2.24, 2.45) is 16.7 Å². The number of pyridine rings is 1. The van der Waals surface area contributed by atoms with Crippen molar-refractivity contribution in [3.63, 3.8) is 0 Å². The smallest absolute Gasteiger partial charge is 0.309 e. The van der Waals surface area contributed by atoms with E-state index in [1.165, 1.54) is 0 Å². The minimum atomic E-state index is -0.902. The maximum atomic E-state index is 13.6. The summed E-state index contributed by atoms with van der Waals surface area (Å²) in [4.78, 5) is 43.5. The molecule has 0 saturated heterocycles. The van der Waals surface area contributed by atoms with Gasteiger partial charge >= 0.3 is 5.97 Å². The Kier molecular flexibility index (Phi) is 5.75. The largest absolute Gasteiger partial charge is 0.505 e. The Balaban J connectivity index is 1.77. The number of nitrogens with zero attached hydrogens (tertiary/aromatic N) is 1. The second kappa shape index (κ2) is 8.19. The van der Waals surface area contributed by atoms with Gasteiger partial charge in [-0.15, -0.1) is 6.58 Å². The zero-order valence-corrected chi connectivity index (χ0v) is 20.2. The van der Waals surface area contributed by atoms with Crippen LogP contribution in [-0.4, -0.2) is 32.7 Å². The third kappa shape index (κ3) is 3.39. The molecule has 0 bridgehead atoms. The number of aryl methyl sites for hydroxylation is 3. The van der Waals surface area contributed by atoms with Crippen LogP contribution in [0.3, 0.4) is 0 Å². The standard InChI is InChI=1S/C28H31NO5/c1-6-27(4)13-8-14-28(5,26(33)34)19(27)12-11-17-9-7-10-18-21(17)25(32)22-20(24(18)31)15(2)29-16(3)23(22)30/h6-7,9-10,19,30H,1,8,11-14H2,2-5H3,(H,33,34)/t19?,27-,28+/m0/s1. The molecule has 6 nitrogen and oxygen atoms in total. The van der Waals surface area contributed by atoms with Gasteiger partial charge in [0.15, 0.2) is 11.6 Å². The second-order valence-electron chi connectivity index (χ2n) is 10.3. The number of allylic oxidation sites excluding steroid dienone is 1. The number of aliphatic carboxylic acids is 1. The highest BCUT2D eigenvalue weighted by Gasteiger charge is 2.51. The fourth-order valence-electron chi connectivity index (χ4n) is 6.23. The third-order valence-corrected chi connectivity index (χ3v) is 8.24. The minimum Gasteiger partial charge on any atom is -0.505 e. The van der Waals surface area contributed by atoms with Crippen LogP contribution in [0.25, 0.3) is 0 Å². The molecule has 1 aromatic carbocycles. The number of aromatic hydroxyl groups is 1. The van der Waals surface area contributed by atoms with Gasteiger partial charge in [-0.2, -0.15) is 0 Å². The molecule has 0 amide bonds. The van der Waals surface area contributed by atoms with Crippen molar-refractivity contribution in [2.75, 3.05) is 0 Å². The average Bonchev–Trinajstić information content (AvgIpc) is 2.79. The summed E-state index contributed by atoms with van der Waals surface area (Å²) in [6.45, 7) is 11.1. The highest BCUT2D eigenvalue weighted by molar-refractivity contribution is 6.30. The second-order valence-corrected chi connectivity index (χ2v) is 10.3. The van der Waals surface area contributed by atoms with E-state index in [-0.39, 0.29) is 39.8 Å². The quantitative estimate of drug-likeness (QED) is 0.506. The van der Waals surface area contributed by atoms with E-state index < -0.39 is 11.4 Å². The number of hydrogen-bond donors (Lipinski definition) is 2. The molecule has 0 radical (unpaired) electrons. The Hall–Kier alpha value is -3.28. The van der Waals surface area contributed by atoms with E-state index in [2.05, 4.69) is 18.5 Å². The first-order valence-corrected chi connectivity index (χ1v) is 11.7. The molecule has 1 saturated carbocycles. The maximum Gasteiger partial charge on any atom is 0.309 e. The Morgan fingerprint density at radius 1 is 1.12 bits per heavy atom. The number of hydrogen-bond acceptors (Lipinski definition) is 5. The molecule has 1 unspecified atom stereocenters. The van der Waals surface area contributed by atoms with Crippen molar-refractivity contribution < 1.29 is 24.6 Å². The monoisotopic (exact) mass is 461 g/mol. The van der Waals surface area contributed by atoms with E-state index in [9.17, 15) is 24.6 Å². The lowest BCUT2D eigenvalue weighted by Gasteiger charge is -2.49. The van der Waals surface area contributed by atoms with Crippen molar-refractivity contribution in [2.45, 2.75) is 59.8 Å². The molecule has 1 aromatic heterocycles. The molecule has 1 heterocycles. The predicted molar refractivity (Wildman–Crippen MR) is 128 cm³/mol. The maximum absolute atomic E-state index is 13.6. The first kappa shape index (κ1) is 23.9. The van der Waals surface area contributed by atoms with Crippen LogP contribution in [-0.2, 0) is 11.2 Å². The first-order valence-electron chi connectivity index (χ1n) is 11.7. The third-order valence-electron chi connectivity index (χ3n) is 8.24. The molecule has 4 rings (SSSR count). The summed E-state index contributed by atoms with van der Waals surface area (Å²) in [7, 11) is 0. The number of rotatable bonds is 5. The fourth-order valence-corrected chi connectivity index (χ4v) is 6.23. The van der Waals surface area contributed by atoms with Crippen LogP contribution >= 0.6 is 0 Å². The van der Waals surface area contributed by atoms with E-state index >= 15 is 0 Å². The van der Waals surface area contributed by atoms with Crippen LogP contribution in [0.2, 0.25) is 0 Å². The number of aromatic nitrogens is 1. The summed E-state index contributed by atoms with van der Waals surface area (Å²) in [6, 6.07) is 5.21. The van der Waals surface area contributed by atoms with Crippen molar-refractivity contribution in [1.29, 1.82) is 0 Å². The molecule has 6 heteroatoms. The van der Waals surface area contributed by atoms with Gasteiger partial charge in [-0.05, 0) is 63.4 Å². The van der Waals surface area contributed by atoms with Gasteiger partial charge in [0.05, 0.1) is 22.2 Å². The van der Waals surface area contributed by atoms with Crippen LogP contribution in [0.15, 0.2) is 30.9 Å². The number of carboxylic acids is 1. The number of carbonyl (C=O) groups excluding carboxylic acids is 2. The zero-order chi connectivity index (χ0) is 25.0. The van der Waals surface area contributed by atoms with Gasteiger partial charge in [0.2, 0.25) is 0 Å². The van der Waals surface area contributed by atoms with Crippen molar-refractivity contribution >= 4 is 17.5 Å². The lowest BCUT2D eigenvalue weighted by Crippen LogP contribution is -2.47. The molecule has 0 spiro atoms. The molecular formula is C28H31NO5.